The number of likely N-dealkylation sites (N-methyl/N-ethyl adjacent to an activating group) is 1. The molecule has 0 spiro atoms. The zero-order valence-electron chi connectivity index (χ0n) is 16.0. The van der Waals surface area contributed by atoms with Gasteiger partial charge in [0.05, 0.1) is 24.2 Å². The standard InChI is InChI=1S/C21H22N4O3/c1-13(25(2)19(26)10-8-14-7-9-18(22)23-11-14)17-12-24-20-15(17)5-4-6-16(20)21(27)28-3/h4-13,24H,1-3H3,(H2,22,23)/b10-8+. The van der Waals surface area contributed by atoms with Crippen LogP contribution in [0.1, 0.15) is 34.5 Å². The molecule has 28 heavy (non-hydrogen) atoms. The molecule has 0 saturated heterocycles. The van der Waals surface area contributed by atoms with Gasteiger partial charge in [-0.15, -0.1) is 0 Å². The van der Waals surface area contributed by atoms with Crippen LogP contribution in [-0.2, 0) is 9.53 Å². The van der Waals surface area contributed by atoms with Crippen LogP contribution in [0.25, 0.3) is 17.0 Å². The number of nitrogen functional groups attached to an aromatic ring is 1. The lowest BCUT2D eigenvalue weighted by Gasteiger charge is -2.23. The second kappa shape index (κ2) is 7.96. The average Bonchev–Trinajstić information content (AvgIpc) is 3.15. The molecule has 2 heterocycles. The number of nitrogens with zero attached hydrogens (tertiary/aromatic N) is 2. The smallest absolute Gasteiger partial charge is 0.339 e. The molecule has 0 saturated carbocycles. The van der Waals surface area contributed by atoms with Crippen molar-refractivity contribution in [2.24, 2.45) is 0 Å². The molecule has 7 nitrogen and oxygen atoms in total. The van der Waals surface area contributed by atoms with E-state index in [1.807, 2.05) is 19.2 Å². The number of fused-ring (bicyclic) bond motifs is 1. The van der Waals surface area contributed by atoms with E-state index in [1.54, 1.807) is 48.5 Å². The van der Waals surface area contributed by atoms with Crippen molar-refractivity contribution in [1.82, 2.24) is 14.9 Å². The summed E-state index contributed by atoms with van der Waals surface area (Å²) in [5.74, 6) is -0.126. The number of nitrogens with two attached hydrogens (primary N) is 1. The number of nitrogens with one attached hydrogen (secondary N) is 1. The van der Waals surface area contributed by atoms with Crippen LogP contribution in [0.4, 0.5) is 5.82 Å². The number of para-hydroxylation sites is 1. The summed E-state index contributed by atoms with van der Waals surface area (Å²) in [4.78, 5) is 33.3. The Balaban J connectivity index is 1.83. The number of aromatic nitrogens is 2. The fourth-order valence-corrected chi connectivity index (χ4v) is 3.00. The summed E-state index contributed by atoms with van der Waals surface area (Å²) in [5, 5.41) is 0.877. The maximum absolute atomic E-state index is 12.6. The van der Waals surface area contributed by atoms with Gasteiger partial charge in [-0.1, -0.05) is 12.1 Å². The van der Waals surface area contributed by atoms with E-state index in [1.165, 1.54) is 13.2 Å². The van der Waals surface area contributed by atoms with Crippen molar-refractivity contribution in [3.05, 3.63) is 65.5 Å². The van der Waals surface area contributed by atoms with Crippen LogP contribution < -0.4 is 5.73 Å². The average molecular weight is 378 g/mol. The molecule has 1 aromatic carbocycles. The number of aromatic amines is 1. The quantitative estimate of drug-likeness (QED) is 0.524. The lowest BCUT2D eigenvalue weighted by molar-refractivity contribution is -0.126. The van der Waals surface area contributed by atoms with Gasteiger partial charge < -0.3 is 20.4 Å². The molecule has 0 aliphatic rings. The summed E-state index contributed by atoms with van der Waals surface area (Å²) in [6, 6.07) is 8.69. The number of carbonyl (C=O) groups excluding carboxylic acids is 2. The SMILES string of the molecule is COC(=O)c1cccc2c(C(C)N(C)C(=O)/C=C/c3ccc(N)nc3)c[nH]c12. The number of benzene rings is 1. The fraction of sp³-hybridized carbons (Fsp3) is 0.190. The van der Waals surface area contributed by atoms with Gasteiger partial charge in [-0.05, 0) is 42.3 Å². The largest absolute Gasteiger partial charge is 0.465 e. The Kier molecular flexibility index (Phi) is 5.44. The first-order valence-corrected chi connectivity index (χ1v) is 8.77. The molecule has 1 atom stereocenters. The predicted octanol–water partition coefficient (Wildman–Crippen LogP) is 3.16. The number of ether oxygens (including phenoxy) is 1. The summed E-state index contributed by atoms with van der Waals surface area (Å²) in [5.41, 5.74) is 8.43. The lowest BCUT2D eigenvalue weighted by atomic mass is 10.0. The molecule has 2 aromatic heterocycles. The van der Waals surface area contributed by atoms with Crippen molar-refractivity contribution < 1.29 is 14.3 Å². The molecule has 3 aromatic rings. The summed E-state index contributed by atoms with van der Waals surface area (Å²) in [6.45, 7) is 1.93. The molecule has 3 rings (SSSR count). The number of H-pyrrole nitrogens is 1. The van der Waals surface area contributed by atoms with Gasteiger partial charge in [-0.25, -0.2) is 9.78 Å². The van der Waals surface area contributed by atoms with Crippen LogP contribution in [0.15, 0.2) is 48.8 Å². The number of carbonyl (C=O) groups is 2. The van der Waals surface area contributed by atoms with Gasteiger partial charge in [0.15, 0.2) is 0 Å². The highest BCUT2D eigenvalue weighted by Gasteiger charge is 2.21. The number of amides is 1. The fourth-order valence-electron chi connectivity index (χ4n) is 3.00. The van der Waals surface area contributed by atoms with E-state index in [4.69, 9.17) is 10.5 Å². The summed E-state index contributed by atoms with van der Waals surface area (Å²) < 4.78 is 4.84. The second-order valence-corrected chi connectivity index (χ2v) is 6.44. The molecule has 1 unspecified atom stereocenters. The van der Waals surface area contributed by atoms with Gasteiger partial charge in [0.2, 0.25) is 5.91 Å². The highest BCUT2D eigenvalue weighted by molar-refractivity contribution is 6.04. The van der Waals surface area contributed by atoms with Crippen LogP contribution in [0, 0.1) is 0 Å². The van der Waals surface area contributed by atoms with E-state index < -0.39 is 5.97 Å². The Hall–Kier alpha value is -3.61. The van der Waals surface area contributed by atoms with Gasteiger partial charge in [-0.2, -0.15) is 0 Å². The predicted molar refractivity (Wildman–Crippen MR) is 109 cm³/mol. The molecule has 0 aliphatic carbocycles. The van der Waals surface area contributed by atoms with Crippen molar-refractivity contribution in [3.63, 3.8) is 0 Å². The van der Waals surface area contributed by atoms with Crippen LogP contribution in [0.2, 0.25) is 0 Å². The van der Waals surface area contributed by atoms with E-state index in [0.717, 1.165) is 16.5 Å². The molecule has 1 amide bonds. The van der Waals surface area contributed by atoms with Crippen molar-refractivity contribution in [3.8, 4) is 0 Å². The van der Waals surface area contributed by atoms with Crippen LogP contribution in [0.3, 0.4) is 0 Å². The zero-order chi connectivity index (χ0) is 20.3. The van der Waals surface area contributed by atoms with Crippen molar-refractivity contribution in [2.45, 2.75) is 13.0 Å². The molecule has 0 aliphatic heterocycles. The molecular weight excluding hydrogens is 356 g/mol. The number of rotatable bonds is 5. The van der Waals surface area contributed by atoms with E-state index in [-0.39, 0.29) is 11.9 Å². The molecule has 3 N–H and O–H groups in total. The van der Waals surface area contributed by atoms with Gasteiger partial charge in [0, 0.05) is 30.9 Å². The Morgan fingerprint density at radius 2 is 2.07 bits per heavy atom. The van der Waals surface area contributed by atoms with Crippen molar-refractivity contribution >= 4 is 34.7 Å². The number of hydrogen-bond donors (Lipinski definition) is 2. The first-order valence-electron chi connectivity index (χ1n) is 8.77. The first-order chi connectivity index (χ1) is 13.4. The molecule has 7 heteroatoms. The number of esters is 1. The highest BCUT2D eigenvalue weighted by atomic mass is 16.5. The molecular formula is C21H22N4O3. The molecule has 144 valence electrons. The molecule has 0 bridgehead atoms. The first kappa shape index (κ1) is 19.2. The minimum atomic E-state index is -0.406. The normalized spacial score (nSPS) is 12.2. The van der Waals surface area contributed by atoms with Crippen LogP contribution in [0.5, 0.6) is 0 Å². The molecule has 0 radical (unpaired) electrons. The summed E-state index contributed by atoms with van der Waals surface area (Å²) in [7, 11) is 3.09. The highest BCUT2D eigenvalue weighted by Crippen LogP contribution is 2.29. The third-order valence-corrected chi connectivity index (χ3v) is 4.76. The topological polar surface area (TPSA) is 101 Å². The number of pyridine rings is 1. The summed E-state index contributed by atoms with van der Waals surface area (Å²) >= 11 is 0. The van der Waals surface area contributed by atoms with Crippen molar-refractivity contribution in [1.29, 1.82) is 0 Å². The van der Waals surface area contributed by atoms with Crippen molar-refractivity contribution in [2.75, 3.05) is 19.9 Å². The Labute approximate surface area is 162 Å². The maximum atomic E-state index is 12.6. The lowest BCUT2D eigenvalue weighted by Crippen LogP contribution is -2.27. The summed E-state index contributed by atoms with van der Waals surface area (Å²) in [6.07, 6.45) is 6.62. The number of anilines is 1. The third kappa shape index (κ3) is 3.73. The number of hydrogen-bond acceptors (Lipinski definition) is 5. The Morgan fingerprint density at radius 1 is 1.29 bits per heavy atom. The van der Waals surface area contributed by atoms with E-state index >= 15 is 0 Å². The van der Waals surface area contributed by atoms with Gasteiger partial charge >= 0.3 is 5.97 Å². The zero-order valence-corrected chi connectivity index (χ0v) is 16.0. The molecule has 0 fully saturated rings. The Bertz CT molecular complexity index is 1040. The number of methoxy groups -OCH3 is 1. The minimum absolute atomic E-state index is 0.150. The van der Waals surface area contributed by atoms with Gasteiger partial charge in [-0.3, -0.25) is 4.79 Å². The minimum Gasteiger partial charge on any atom is -0.465 e. The van der Waals surface area contributed by atoms with E-state index in [2.05, 4.69) is 9.97 Å². The van der Waals surface area contributed by atoms with E-state index in [0.29, 0.717) is 16.9 Å². The van der Waals surface area contributed by atoms with Gasteiger partial charge in [0.25, 0.3) is 0 Å². The Morgan fingerprint density at radius 3 is 2.75 bits per heavy atom. The van der Waals surface area contributed by atoms with E-state index in [9.17, 15) is 9.59 Å². The maximum Gasteiger partial charge on any atom is 0.339 e. The van der Waals surface area contributed by atoms with Gasteiger partial charge in [0.1, 0.15) is 5.82 Å². The second-order valence-electron chi connectivity index (χ2n) is 6.44. The van der Waals surface area contributed by atoms with Crippen LogP contribution >= 0.6 is 0 Å². The third-order valence-electron chi connectivity index (χ3n) is 4.76. The van der Waals surface area contributed by atoms with Crippen LogP contribution in [-0.4, -0.2) is 40.9 Å². The monoisotopic (exact) mass is 378 g/mol.